The van der Waals surface area contributed by atoms with Crippen LogP contribution in [0.1, 0.15) is 49.4 Å². The van der Waals surface area contributed by atoms with E-state index in [1.165, 1.54) is 0 Å². The maximum atomic E-state index is 11.6. The van der Waals surface area contributed by atoms with E-state index < -0.39 is 6.23 Å². The molecule has 0 bridgehead atoms. The molecule has 162 valence electrons. The van der Waals surface area contributed by atoms with Crippen molar-refractivity contribution < 1.29 is 14.6 Å². The molecule has 2 heterocycles. The summed E-state index contributed by atoms with van der Waals surface area (Å²) in [6.07, 6.45) is 1.65. The Morgan fingerprint density at radius 3 is 2.77 bits per heavy atom. The van der Waals surface area contributed by atoms with Crippen molar-refractivity contribution in [3.63, 3.8) is 0 Å². The first-order chi connectivity index (χ1) is 14.8. The number of aromatic nitrogens is 4. The van der Waals surface area contributed by atoms with Gasteiger partial charge in [-0.2, -0.15) is 5.10 Å². The van der Waals surface area contributed by atoms with E-state index in [9.17, 15) is 9.90 Å². The van der Waals surface area contributed by atoms with Gasteiger partial charge in [0.15, 0.2) is 6.23 Å². The normalized spacial score (nSPS) is 15.0. The van der Waals surface area contributed by atoms with E-state index in [4.69, 9.17) is 10.5 Å². The van der Waals surface area contributed by atoms with Gasteiger partial charge in [-0.3, -0.25) is 9.89 Å². The Hall–Kier alpha value is -3.46. The lowest BCUT2D eigenvalue weighted by Crippen LogP contribution is -2.28. The van der Waals surface area contributed by atoms with Crippen LogP contribution in [0.15, 0.2) is 30.5 Å². The lowest BCUT2D eigenvalue weighted by atomic mass is 9.73. The molecular formula is C22H26N6O3. The zero-order chi connectivity index (χ0) is 22.2. The molecule has 1 aromatic carbocycles. The highest BCUT2D eigenvalue weighted by Crippen LogP contribution is 2.44. The Kier molecular flexibility index (Phi) is 5.36. The monoisotopic (exact) mass is 422 g/mol. The van der Waals surface area contributed by atoms with Crippen LogP contribution >= 0.6 is 0 Å². The summed E-state index contributed by atoms with van der Waals surface area (Å²) < 4.78 is 4.97. The van der Waals surface area contributed by atoms with Gasteiger partial charge in [0, 0.05) is 17.4 Å². The standard InChI is InChI=1S/C22H26N6O3/c1-4-31-15(29)9-12-5-7-14(8-6-12)25-20(30)19-16-18(27-28-19)17-13(10-22(16,2)3)11-24-21(23)26-17/h5-8,11,20,25,30H,4,9-10H2,1-3H3,(H,27,28)(H2,23,24,26). The van der Waals surface area contributed by atoms with E-state index in [1.54, 1.807) is 13.1 Å². The molecule has 0 spiro atoms. The summed E-state index contributed by atoms with van der Waals surface area (Å²) in [6.45, 7) is 6.34. The number of hydrogen-bond donors (Lipinski definition) is 4. The molecule has 0 radical (unpaired) electrons. The molecule has 9 nitrogen and oxygen atoms in total. The van der Waals surface area contributed by atoms with Crippen LogP contribution in [0.3, 0.4) is 0 Å². The average Bonchev–Trinajstić information content (AvgIpc) is 3.17. The molecule has 0 aliphatic heterocycles. The number of aromatic amines is 1. The molecule has 2 aromatic heterocycles. The van der Waals surface area contributed by atoms with Crippen molar-refractivity contribution in [1.29, 1.82) is 0 Å². The molecule has 0 saturated heterocycles. The predicted octanol–water partition coefficient (Wildman–Crippen LogP) is 2.49. The number of nitrogen functional groups attached to an aromatic ring is 1. The van der Waals surface area contributed by atoms with Crippen LogP contribution in [0.25, 0.3) is 11.4 Å². The topological polar surface area (TPSA) is 139 Å². The fourth-order valence-corrected chi connectivity index (χ4v) is 4.06. The van der Waals surface area contributed by atoms with Crippen LogP contribution in [0.2, 0.25) is 0 Å². The highest BCUT2D eigenvalue weighted by atomic mass is 16.5. The lowest BCUT2D eigenvalue weighted by molar-refractivity contribution is -0.142. The second-order valence-corrected chi connectivity index (χ2v) is 8.25. The molecule has 31 heavy (non-hydrogen) atoms. The smallest absolute Gasteiger partial charge is 0.310 e. The molecule has 0 saturated carbocycles. The third kappa shape index (κ3) is 4.09. The maximum absolute atomic E-state index is 11.6. The summed E-state index contributed by atoms with van der Waals surface area (Å²) in [4.78, 5) is 20.1. The fraction of sp³-hybridized carbons (Fsp3) is 0.364. The van der Waals surface area contributed by atoms with Crippen molar-refractivity contribution in [2.24, 2.45) is 0 Å². The number of carbonyl (C=O) groups is 1. The number of benzene rings is 1. The van der Waals surface area contributed by atoms with Gasteiger partial charge in [0.25, 0.3) is 0 Å². The number of H-pyrrole nitrogens is 1. The summed E-state index contributed by atoms with van der Waals surface area (Å²) in [5.41, 5.74) is 10.9. The Morgan fingerprint density at radius 1 is 1.32 bits per heavy atom. The van der Waals surface area contributed by atoms with Crippen LogP contribution in [0.4, 0.5) is 11.6 Å². The van der Waals surface area contributed by atoms with Gasteiger partial charge < -0.3 is 20.9 Å². The second kappa shape index (κ2) is 7.99. The van der Waals surface area contributed by atoms with E-state index in [0.29, 0.717) is 35.8 Å². The van der Waals surface area contributed by atoms with Gasteiger partial charge in [-0.15, -0.1) is 0 Å². The molecule has 3 aromatic rings. The Bertz CT molecular complexity index is 1110. The summed E-state index contributed by atoms with van der Waals surface area (Å²) in [5, 5.41) is 21.4. The minimum Gasteiger partial charge on any atom is -0.466 e. The number of rotatable bonds is 6. The largest absolute Gasteiger partial charge is 0.466 e. The molecule has 1 aliphatic rings. The molecule has 1 unspecified atom stereocenters. The number of carbonyl (C=O) groups excluding carboxylic acids is 1. The van der Waals surface area contributed by atoms with E-state index in [1.807, 2.05) is 24.3 Å². The molecule has 9 heteroatoms. The molecular weight excluding hydrogens is 396 g/mol. The average molecular weight is 422 g/mol. The third-order valence-electron chi connectivity index (χ3n) is 5.40. The number of aliphatic hydroxyl groups excluding tert-OH is 1. The van der Waals surface area contributed by atoms with Crippen molar-refractivity contribution >= 4 is 17.6 Å². The zero-order valence-electron chi connectivity index (χ0n) is 17.8. The van der Waals surface area contributed by atoms with E-state index in [0.717, 1.165) is 16.7 Å². The van der Waals surface area contributed by atoms with Gasteiger partial charge in [-0.05, 0) is 42.0 Å². The van der Waals surface area contributed by atoms with Gasteiger partial charge in [0.05, 0.1) is 24.4 Å². The molecule has 1 atom stereocenters. The van der Waals surface area contributed by atoms with Gasteiger partial charge in [0.1, 0.15) is 5.69 Å². The number of nitrogens with one attached hydrogen (secondary N) is 2. The van der Waals surface area contributed by atoms with Crippen LogP contribution in [-0.4, -0.2) is 37.8 Å². The molecule has 0 amide bonds. The van der Waals surface area contributed by atoms with Gasteiger partial charge in [-0.25, -0.2) is 9.97 Å². The van der Waals surface area contributed by atoms with Gasteiger partial charge in [-0.1, -0.05) is 26.0 Å². The van der Waals surface area contributed by atoms with Crippen molar-refractivity contribution in [1.82, 2.24) is 20.2 Å². The van der Waals surface area contributed by atoms with Crippen LogP contribution in [-0.2, 0) is 27.8 Å². The van der Waals surface area contributed by atoms with E-state index >= 15 is 0 Å². The molecule has 0 fully saturated rings. The SMILES string of the molecule is CCOC(=O)Cc1ccc(NC(O)c2[nH]nc3c2C(C)(C)Cc2cnc(N)nc2-3)cc1. The van der Waals surface area contributed by atoms with Crippen molar-refractivity contribution in [2.75, 3.05) is 17.7 Å². The van der Waals surface area contributed by atoms with Crippen LogP contribution in [0.5, 0.6) is 0 Å². The number of aliphatic hydroxyl groups is 1. The first-order valence-corrected chi connectivity index (χ1v) is 10.2. The number of nitrogens with zero attached hydrogens (tertiary/aromatic N) is 3. The molecule has 5 N–H and O–H groups in total. The van der Waals surface area contributed by atoms with Crippen molar-refractivity contribution in [3.8, 4) is 11.4 Å². The van der Waals surface area contributed by atoms with E-state index in [2.05, 4.69) is 39.3 Å². The highest BCUT2D eigenvalue weighted by molar-refractivity contribution is 5.73. The Morgan fingerprint density at radius 2 is 2.06 bits per heavy atom. The Labute approximate surface area is 180 Å². The summed E-state index contributed by atoms with van der Waals surface area (Å²) in [5.74, 6) is -0.0742. The van der Waals surface area contributed by atoms with E-state index in [-0.39, 0.29) is 23.8 Å². The number of esters is 1. The maximum Gasteiger partial charge on any atom is 0.310 e. The fourth-order valence-electron chi connectivity index (χ4n) is 4.06. The zero-order valence-corrected chi connectivity index (χ0v) is 17.8. The van der Waals surface area contributed by atoms with Crippen LogP contribution in [0, 0.1) is 0 Å². The third-order valence-corrected chi connectivity index (χ3v) is 5.40. The Balaban J connectivity index is 1.57. The first kappa shape index (κ1) is 20.8. The second-order valence-electron chi connectivity index (χ2n) is 8.25. The summed E-state index contributed by atoms with van der Waals surface area (Å²) in [7, 11) is 0. The first-order valence-electron chi connectivity index (χ1n) is 10.2. The number of anilines is 2. The number of fused-ring (bicyclic) bond motifs is 3. The van der Waals surface area contributed by atoms with Crippen molar-refractivity contribution in [2.45, 2.75) is 45.3 Å². The summed E-state index contributed by atoms with van der Waals surface area (Å²) in [6, 6.07) is 7.28. The minimum atomic E-state index is -1.01. The molecule has 1 aliphatic carbocycles. The van der Waals surface area contributed by atoms with Gasteiger partial charge in [0.2, 0.25) is 5.95 Å². The lowest BCUT2D eigenvalue weighted by Gasteiger charge is -2.32. The van der Waals surface area contributed by atoms with Crippen LogP contribution < -0.4 is 11.1 Å². The highest BCUT2D eigenvalue weighted by Gasteiger charge is 2.38. The predicted molar refractivity (Wildman–Crippen MR) is 116 cm³/mol. The van der Waals surface area contributed by atoms with Gasteiger partial charge >= 0.3 is 5.97 Å². The number of ether oxygens (including phenoxy) is 1. The summed E-state index contributed by atoms with van der Waals surface area (Å²) >= 11 is 0. The quantitative estimate of drug-likeness (QED) is 0.351. The molecule has 4 rings (SSSR count). The number of hydrogen-bond acceptors (Lipinski definition) is 8. The van der Waals surface area contributed by atoms with Crippen molar-refractivity contribution in [3.05, 3.63) is 52.8 Å². The minimum absolute atomic E-state index is 0.190. The number of nitrogens with two attached hydrogens (primary N) is 1.